The van der Waals surface area contributed by atoms with Crippen molar-refractivity contribution in [1.82, 2.24) is 0 Å². The van der Waals surface area contributed by atoms with Gasteiger partial charge in [0.25, 0.3) is 0 Å². The van der Waals surface area contributed by atoms with E-state index in [0.29, 0.717) is 0 Å². The van der Waals surface area contributed by atoms with E-state index in [9.17, 15) is 0 Å². The molecule has 3 rings (SSSR count). The maximum Gasteiger partial charge on any atom is 0.119 e. The number of benzene rings is 1. The van der Waals surface area contributed by atoms with Gasteiger partial charge in [-0.25, -0.2) is 0 Å². The standard InChI is InChI=1S/C30H50O/c1-3-4-5-6-8-26-14-16-27(17-15-26)9-7-24-31-30-22-20-29(21-23-30)19-18-28-12-10-25(2)11-13-28/h20-23,25-28H,3-19,24H2,1-2H3/t25-,26-,27-,28-. The monoisotopic (exact) mass is 426 g/mol. The normalized spacial score (nSPS) is 26.6. The molecule has 2 aliphatic rings. The average molecular weight is 427 g/mol. The molecule has 0 aromatic heterocycles. The lowest BCUT2D eigenvalue weighted by atomic mass is 9.78. The van der Waals surface area contributed by atoms with E-state index in [4.69, 9.17) is 4.74 Å². The van der Waals surface area contributed by atoms with Crippen molar-refractivity contribution < 1.29 is 4.74 Å². The Morgan fingerprint density at radius 2 is 1.26 bits per heavy atom. The highest BCUT2D eigenvalue weighted by molar-refractivity contribution is 5.27. The van der Waals surface area contributed by atoms with Gasteiger partial charge in [-0.3, -0.25) is 0 Å². The molecule has 2 fully saturated rings. The minimum atomic E-state index is 0.885. The minimum absolute atomic E-state index is 0.885. The van der Waals surface area contributed by atoms with Crippen molar-refractivity contribution in [3.05, 3.63) is 29.8 Å². The van der Waals surface area contributed by atoms with Crippen LogP contribution in [0.4, 0.5) is 0 Å². The average Bonchev–Trinajstić information content (AvgIpc) is 2.81. The fourth-order valence-electron chi connectivity index (χ4n) is 5.97. The first kappa shape index (κ1) is 24.7. The second kappa shape index (κ2) is 14.2. The Labute approximate surface area is 193 Å². The van der Waals surface area contributed by atoms with Gasteiger partial charge < -0.3 is 4.74 Å². The first-order chi connectivity index (χ1) is 15.2. The fourth-order valence-corrected chi connectivity index (χ4v) is 5.97. The van der Waals surface area contributed by atoms with Crippen molar-refractivity contribution in [3.63, 3.8) is 0 Å². The van der Waals surface area contributed by atoms with Gasteiger partial charge in [0, 0.05) is 0 Å². The van der Waals surface area contributed by atoms with E-state index in [1.165, 1.54) is 115 Å². The predicted molar refractivity (Wildman–Crippen MR) is 135 cm³/mol. The van der Waals surface area contributed by atoms with Gasteiger partial charge in [-0.05, 0) is 67.1 Å². The number of hydrogen-bond acceptors (Lipinski definition) is 1. The van der Waals surface area contributed by atoms with Crippen LogP contribution in [-0.2, 0) is 6.42 Å². The first-order valence-corrected chi connectivity index (χ1v) is 13.9. The quantitative estimate of drug-likeness (QED) is 0.285. The molecule has 0 atom stereocenters. The Morgan fingerprint density at radius 1 is 0.677 bits per heavy atom. The summed E-state index contributed by atoms with van der Waals surface area (Å²) in [6.45, 7) is 5.61. The maximum atomic E-state index is 6.06. The van der Waals surface area contributed by atoms with Crippen LogP contribution < -0.4 is 4.74 Å². The van der Waals surface area contributed by atoms with Gasteiger partial charge in [0.2, 0.25) is 0 Å². The predicted octanol–water partition coefficient (Wildman–Crippen LogP) is 9.38. The van der Waals surface area contributed by atoms with E-state index in [1.54, 1.807) is 0 Å². The molecule has 0 aliphatic heterocycles. The summed E-state index contributed by atoms with van der Waals surface area (Å²) < 4.78 is 6.06. The van der Waals surface area contributed by atoms with Crippen molar-refractivity contribution >= 4 is 0 Å². The van der Waals surface area contributed by atoms with Crippen molar-refractivity contribution in [2.45, 2.75) is 123 Å². The van der Waals surface area contributed by atoms with E-state index in [-0.39, 0.29) is 0 Å². The lowest BCUT2D eigenvalue weighted by Gasteiger charge is -2.28. The van der Waals surface area contributed by atoms with E-state index >= 15 is 0 Å². The van der Waals surface area contributed by atoms with Gasteiger partial charge in [0.05, 0.1) is 6.61 Å². The highest BCUT2D eigenvalue weighted by Gasteiger charge is 2.20. The highest BCUT2D eigenvalue weighted by atomic mass is 16.5. The summed E-state index contributed by atoms with van der Waals surface area (Å²) >= 11 is 0. The molecule has 0 bridgehead atoms. The largest absolute Gasteiger partial charge is 0.494 e. The Hall–Kier alpha value is -0.980. The number of unbranched alkanes of at least 4 members (excludes halogenated alkanes) is 3. The third-order valence-corrected chi connectivity index (χ3v) is 8.36. The van der Waals surface area contributed by atoms with Gasteiger partial charge in [0.15, 0.2) is 0 Å². The smallest absolute Gasteiger partial charge is 0.119 e. The van der Waals surface area contributed by atoms with Crippen LogP contribution >= 0.6 is 0 Å². The zero-order chi connectivity index (χ0) is 21.7. The summed E-state index contributed by atoms with van der Waals surface area (Å²) in [4.78, 5) is 0. The summed E-state index contributed by atoms with van der Waals surface area (Å²) in [6, 6.07) is 8.98. The number of hydrogen-bond donors (Lipinski definition) is 0. The van der Waals surface area contributed by atoms with Crippen molar-refractivity contribution in [3.8, 4) is 5.75 Å². The molecule has 0 unspecified atom stereocenters. The number of ether oxygens (including phenoxy) is 1. The van der Waals surface area contributed by atoms with Crippen LogP contribution in [0.1, 0.15) is 122 Å². The summed E-state index contributed by atoms with van der Waals surface area (Å²) in [6.07, 6.45) is 24.1. The van der Waals surface area contributed by atoms with Crippen LogP contribution in [0, 0.1) is 23.7 Å². The van der Waals surface area contributed by atoms with Crippen LogP contribution in [0.5, 0.6) is 5.75 Å². The molecule has 176 valence electrons. The van der Waals surface area contributed by atoms with Crippen LogP contribution in [0.25, 0.3) is 0 Å². The van der Waals surface area contributed by atoms with E-state index < -0.39 is 0 Å². The van der Waals surface area contributed by atoms with Gasteiger partial charge >= 0.3 is 0 Å². The highest BCUT2D eigenvalue weighted by Crippen LogP contribution is 2.34. The second-order valence-electron chi connectivity index (χ2n) is 11.0. The summed E-state index contributed by atoms with van der Waals surface area (Å²) in [7, 11) is 0. The van der Waals surface area contributed by atoms with Crippen LogP contribution in [0.2, 0.25) is 0 Å². The molecule has 2 saturated carbocycles. The number of aryl methyl sites for hydroxylation is 1. The first-order valence-electron chi connectivity index (χ1n) is 13.9. The van der Waals surface area contributed by atoms with Crippen LogP contribution in [-0.4, -0.2) is 6.61 Å². The molecule has 0 N–H and O–H groups in total. The molecule has 31 heavy (non-hydrogen) atoms. The number of rotatable bonds is 13. The maximum absolute atomic E-state index is 6.06. The van der Waals surface area contributed by atoms with Crippen molar-refractivity contribution in [2.75, 3.05) is 6.61 Å². The van der Waals surface area contributed by atoms with Gasteiger partial charge in [0.1, 0.15) is 5.75 Å². The lowest BCUT2D eigenvalue weighted by Crippen LogP contribution is -2.15. The molecular weight excluding hydrogens is 376 g/mol. The summed E-state index contributed by atoms with van der Waals surface area (Å²) in [5.41, 5.74) is 1.48. The molecule has 2 aliphatic carbocycles. The van der Waals surface area contributed by atoms with Crippen molar-refractivity contribution in [2.24, 2.45) is 23.7 Å². The van der Waals surface area contributed by atoms with Gasteiger partial charge in [-0.2, -0.15) is 0 Å². The molecule has 0 heterocycles. The summed E-state index contributed by atoms with van der Waals surface area (Å²) in [5.74, 6) is 4.97. The Kier molecular flexibility index (Phi) is 11.3. The molecule has 1 aromatic rings. The van der Waals surface area contributed by atoms with E-state index in [0.717, 1.165) is 36.0 Å². The molecule has 0 saturated heterocycles. The van der Waals surface area contributed by atoms with Gasteiger partial charge in [-0.1, -0.05) is 109 Å². The SMILES string of the molecule is CCCCCC[C@H]1CC[C@H](CCCOc2ccc(CC[C@H]3CC[C@H](C)CC3)cc2)CC1. The molecule has 1 nitrogen and oxygen atoms in total. The zero-order valence-corrected chi connectivity index (χ0v) is 20.8. The third kappa shape index (κ3) is 9.58. The van der Waals surface area contributed by atoms with Crippen LogP contribution in [0.3, 0.4) is 0 Å². The Morgan fingerprint density at radius 3 is 1.90 bits per heavy atom. The van der Waals surface area contributed by atoms with Crippen LogP contribution in [0.15, 0.2) is 24.3 Å². The topological polar surface area (TPSA) is 9.23 Å². The summed E-state index contributed by atoms with van der Waals surface area (Å²) in [5, 5.41) is 0. The van der Waals surface area contributed by atoms with E-state index in [1.807, 2.05) is 0 Å². The molecule has 0 spiro atoms. The Balaban J connectivity index is 1.22. The molecule has 0 amide bonds. The second-order valence-corrected chi connectivity index (χ2v) is 11.0. The molecule has 0 radical (unpaired) electrons. The third-order valence-electron chi connectivity index (χ3n) is 8.36. The fraction of sp³-hybridized carbons (Fsp3) is 0.800. The molecule has 1 heteroatoms. The minimum Gasteiger partial charge on any atom is -0.494 e. The lowest BCUT2D eigenvalue weighted by molar-refractivity contribution is 0.228. The zero-order valence-electron chi connectivity index (χ0n) is 20.8. The molecule has 1 aromatic carbocycles. The van der Waals surface area contributed by atoms with E-state index in [2.05, 4.69) is 38.1 Å². The molecular formula is C30H50O. The van der Waals surface area contributed by atoms with Crippen molar-refractivity contribution in [1.29, 1.82) is 0 Å². The Bertz CT molecular complexity index is 561. The van der Waals surface area contributed by atoms with Gasteiger partial charge in [-0.15, -0.1) is 0 Å².